The summed E-state index contributed by atoms with van der Waals surface area (Å²) < 4.78 is 20.2. The number of aromatic nitrogens is 1. The lowest BCUT2D eigenvalue weighted by Gasteiger charge is -2.40. The number of nitrogens with zero attached hydrogens (tertiary/aromatic N) is 1. The molecule has 1 aliphatic carbocycles. The average Bonchev–Trinajstić information content (AvgIpc) is 2.89. The molecular weight excluding hydrogens is 477 g/mol. The van der Waals surface area contributed by atoms with Crippen molar-refractivity contribution in [2.45, 2.75) is 62.9 Å². The predicted octanol–water partition coefficient (Wildman–Crippen LogP) is 5.88. The molecule has 1 unspecified atom stereocenters. The van der Waals surface area contributed by atoms with E-state index in [9.17, 15) is 9.18 Å². The van der Waals surface area contributed by atoms with Gasteiger partial charge in [0.2, 0.25) is 5.91 Å². The minimum absolute atomic E-state index is 0.0870. The van der Waals surface area contributed by atoms with Crippen molar-refractivity contribution in [1.82, 2.24) is 10.3 Å². The van der Waals surface area contributed by atoms with E-state index in [1.54, 1.807) is 18.3 Å². The minimum Gasteiger partial charge on any atom is -0.489 e. The Morgan fingerprint density at radius 1 is 1.08 bits per heavy atom. The van der Waals surface area contributed by atoms with Crippen molar-refractivity contribution in [3.63, 3.8) is 0 Å². The van der Waals surface area contributed by atoms with Crippen molar-refractivity contribution in [1.29, 1.82) is 0 Å². The first-order valence-electron chi connectivity index (χ1n) is 12.9. The number of rotatable bonds is 6. The van der Waals surface area contributed by atoms with Gasteiger partial charge < -0.3 is 15.8 Å². The number of ether oxygens (including phenoxy) is 1. The maximum Gasteiger partial charge on any atom is 0.228 e. The van der Waals surface area contributed by atoms with E-state index in [1.807, 2.05) is 31.2 Å². The van der Waals surface area contributed by atoms with Crippen LogP contribution in [0.15, 0.2) is 48.7 Å². The number of pyridine rings is 1. The van der Waals surface area contributed by atoms with Crippen LogP contribution in [0.3, 0.4) is 0 Å². The molecule has 3 N–H and O–H groups in total. The van der Waals surface area contributed by atoms with Gasteiger partial charge in [0, 0.05) is 11.6 Å². The van der Waals surface area contributed by atoms with Gasteiger partial charge in [0.15, 0.2) is 0 Å². The maximum absolute atomic E-state index is 14.0. The molecule has 1 saturated heterocycles. The fourth-order valence-electron chi connectivity index (χ4n) is 6.07. The molecule has 0 radical (unpaired) electrons. The highest BCUT2D eigenvalue weighted by Crippen LogP contribution is 2.47. The number of carbonyl (C=O) groups is 1. The highest BCUT2D eigenvalue weighted by molar-refractivity contribution is 6.32. The largest absolute Gasteiger partial charge is 0.489 e. The Hall–Kier alpha value is -2.70. The minimum atomic E-state index is -0.839. The molecule has 1 amide bonds. The van der Waals surface area contributed by atoms with Gasteiger partial charge in [-0.3, -0.25) is 9.78 Å². The molecule has 5 rings (SSSR count). The van der Waals surface area contributed by atoms with Crippen LogP contribution < -0.4 is 15.8 Å². The summed E-state index contributed by atoms with van der Waals surface area (Å²) in [5, 5.41) is 4.76. The molecule has 1 aliphatic heterocycles. The lowest BCUT2D eigenvalue weighted by Crippen LogP contribution is -2.46. The first-order valence-corrected chi connectivity index (χ1v) is 13.3. The summed E-state index contributed by atoms with van der Waals surface area (Å²) in [6.07, 6.45) is 7.23. The molecule has 0 bridgehead atoms. The second-order valence-corrected chi connectivity index (χ2v) is 10.8. The lowest BCUT2D eigenvalue weighted by molar-refractivity contribution is -0.125. The third kappa shape index (κ3) is 4.81. The predicted molar refractivity (Wildman–Crippen MR) is 141 cm³/mol. The number of primary amides is 1. The van der Waals surface area contributed by atoms with Gasteiger partial charge in [-0.2, -0.15) is 0 Å². The Morgan fingerprint density at radius 2 is 1.83 bits per heavy atom. The number of nitrogens with one attached hydrogen (secondary N) is 1. The van der Waals surface area contributed by atoms with Crippen LogP contribution in [0, 0.1) is 11.7 Å². The van der Waals surface area contributed by atoms with E-state index < -0.39 is 5.41 Å². The number of fused-ring (bicyclic) bond motifs is 1. The zero-order chi connectivity index (χ0) is 25.3. The van der Waals surface area contributed by atoms with Crippen LogP contribution >= 0.6 is 11.6 Å². The third-order valence-corrected chi connectivity index (χ3v) is 8.66. The van der Waals surface area contributed by atoms with Gasteiger partial charge in [-0.15, -0.1) is 0 Å². The Morgan fingerprint density at radius 3 is 2.56 bits per heavy atom. The molecule has 1 saturated carbocycles. The zero-order valence-electron chi connectivity index (χ0n) is 20.6. The van der Waals surface area contributed by atoms with E-state index in [0.717, 1.165) is 73.6 Å². The molecule has 2 aromatic carbocycles. The standard InChI is InChI=1S/C29H33ClFN3O2/c1-29(28(32)35,20-6-8-25(30)27(16-20)36-22-10-13-33-14-11-22)19-4-2-18(3-5-19)23-12-15-34-26-9-7-21(31)17-24(23)26/h6-9,12,15-19,22,33H,2-5,10-11,13-14H2,1H3,(H2,32,35). The summed E-state index contributed by atoms with van der Waals surface area (Å²) in [4.78, 5) is 17.4. The van der Waals surface area contributed by atoms with Crippen LogP contribution in [0.1, 0.15) is 62.5 Å². The molecular formula is C29H33ClFN3O2. The highest BCUT2D eigenvalue weighted by atomic mass is 35.5. The molecule has 7 heteroatoms. The van der Waals surface area contributed by atoms with Crippen molar-refractivity contribution in [3.8, 4) is 5.75 Å². The number of carbonyl (C=O) groups excluding carboxylic acids is 1. The van der Waals surface area contributed by atoms with Crippen LogP contribution in [-0.2, 0) is 10.2 Å². The summed E-state index contributed by atoms with van der Waals surface area (Å²) in [6.45, 7) is 3.79. The van der Waals surface area contributed by atoms with Crippen molar-refractivity contribution >= 4 is 28.4 Å². The van der Waals surface area contributed by atoms with Crippen LogP contribution in [0.4, 0.5) is 4.39 Å². The van der Waals surface area contributed by atoms with Crippen molar-refractivity contribution in [3.05, 3.63) is 70.6 Å². The molecule has 2 heterocycles. The first kappa shape index (κ1) is 25.0. The van der Waals surface area contributed by atoms with Crippen molar-refractivity contribution in [2.24, 2.45) is 11.7 Å². The average molecular weight is 510 g/mol. The van der Waals surface area contributed by atoms with E-state index in [1.165, 1.54) is 6.07 Å². The molecule has 2 fully saturated rings. The van der Waals surface area contributed by atoms with E-state index in [4.69, 9.17) is 22.1 Å². The van der Waals surface area contributed by atoms with Crippen LogP contribution in [0.25, 0.3) is 10.9 Å². The van der Waals surface area contributed by atoms with Gasteiger partial charge >= 0.3 is 0 Å². The fraction of sp³-hybridized carbons (Fsp3) is 0.448. The molecule has 1 atom stereocenters. The number of halogens is 2. The number of hydrogen-bond acceptors (Lipinski definition) is 4. The number of piperidine rings is 1. The second kappa shape index (κ2) is 10.3. The Bertz CT molecular complexity index is 1250. The van der Waals surface area contributed by atoms with Crippen LogP contribution in [0.5, 0.6) is 5.75 Å². The topological polar surface area (TPSA) is 77.2 Å². The molecule has 36 heavy (non-hydrogen) atoms. The van der Waals surface area contributed by atoms with E-state index in [0.29, 0.717) is 10.8 Å². The summed E-state index contributed by atoms with van der Waals surface area (Å²) in [5.74, 6) is 0.403. The van der Waals surface area contributed by atoms with Gasteiger partial charge in [0.25, 0.3) is 0 Å². The molecule has 1 aromatic heterocycles. The molecule has 190 valence electrons. The Balaban J connectivity index is 1.37. The van der Waals surface area contributed by atoms with Gasteiger partial charge in [-0.05, 0) is 118 Å². The quantitative estimate of drug-likeness (QED) is 0.435. The van der Waals surface area contributed by atoms with E-state index in [2.05, 4.69) is 10.3 Å². The van der Waals surface area contributed by atoms with Crippen LogP contribution in [0.2, 0.25) is 5.02 Å². The number of benzene rings is 2. The molecule has 3 aromatic rings. The normalized spacial score (nSPS) is 22.8. The number of amides is 1. The number of hydrogen-bond donors (Lipinski definition) is 2. The number of nitrogens with two attached hydrogens (primary N) is 1. The van der Waals surface area contributed by atoms with Gasteiger partial charge in [0.1, 0.15) is 17.7 Å². The van der Waals surface area contributed by atoms with Crippen LogP contribution in [-0.4, -0.2) is 30.1 Å². The SMILES string of the molecule is CC(C(N)=O)(c1ccc(Cl)c(OC2CCNCC2)c1)C1CCC(c2ccnc3ccc(F)cc23)CC1. The maximum atomic E-state index is 14.0. The summed E-state index contributed by atoms with van der Waals surface area (Å²) in [7, 11) is 0. The monoisotopic (exact) mass is 509 g/mol. The molecule has 0 spiro atoms. The van der Waals surface area contributed by atoms with E-state index in [-0.39, 0.29) is 29.7 Å². The first-order chi connectivity index (χ1) is 17.4. The van der Waals surface area contributed by atoms with Gasteiger partial charge in [-0.25, -0.2) is 4.39 Å². The molecule has 2 aliphatic rings. The Labute approximate surface area is 216 Å². The lowest BCUT2D eigenvalue weighted by atomic mass is 9.63. The smallest absolute Gasteiger partial charge is 0.228 e. The second-order valence-electron chi connectivity index (χ2n) is 10.4. The summed E-state index contributed by atoms with van der Waals surface area (Å²) in [5.41, 5.74) is 8.02. The molecule has 5 nitrogen and oxygen atoms in total. The summed E-state index contributed by atoms with van der Waals surface area (Å²) in [6, 6.07) is 12.4. The van der Waals surface area contributed by atoms with Crippen molar-refractivity contribution < 1.29 is 13.9 Å². The van der Waals surface area contributed by atoms with Crippen molar-refractivity contribution in [2.75, 3.05) is 13.1 Å². The third-order valence-electron chi connectivity index (χ3n) is 8.34. The zero-order valence-corrected chi connectivity index (χ0v) is 21.4. The highest BCUT2D eigenvalue weighted by Gasteiger charge is 2.43. The Kier molecular flexibility index (Phi) is 7.18. The van der Waals surface area contributed by atoms with Gasteiger partial charge in [-0.1, -0.05) is 17.7 Å². The summed E-state index contributed by atoms with van der Waals surface area (Å²) >= 11 is 6.49. The fourth-order valence-corrected chi connectivity index (χ4v) is 6.23. The van der Waals surface area contributed by atoms with E-state index >= 15 is 0 Å². The van der Waals surface area contributed by atoms with Gasteiger partial charge in [0.05, 0.1) is 16.0 Å².